The number of carbonyl (C=O) groups is 1. The molecule has 1 aliphatic heterocycles. The van der Waals surface area contributed by atoms with Gasteiger partial charge in [-0.2, -0.15) is 9.57 Å². The molecule has 6 nitrogen and oxygen atoms in total. The van der Waals surface area contributed by atoms with Crippen LogP contribution in [0.3, 0.4) is 0 Å². The lowest BCUT2D eigenvalue weighted by atomic mass is 9.97. The summed E-state index contributed by atoms with van der Waals surface area (Å²) >= 11 is 0. The molecular formula is C24H29N3O3S. The number of benzene rings is 2. The highest BCUT2D eigenvalue weighted by Gasteiger charge is 2.34. The van der Waals surface area contributed by atoms with Crippen molar-refractivity contribution in [2.24, 2.45) is 5.92 Å². The minimum atomic E-state index is -3.61. The third kappa shape index (κ3) is 4.81. The Balaban J connectivity index is 1.68. The molecule has 2 aromatic rings. The minimum absolute atomic E-state index is 0.0937. The van der Waals surface area contributed by atoms with Gasteiger partial charge in [0.1, 0.15) is 0 Å². The molecule has 7 heteroatoms. The van der Waals surface area contributed by atoms with E-state index in [0.717, 1.165) is 27.8 Å². The number of hydrogen-bond donors (Lipinski definition) is 1. The van der Waals surface area contributed by atoms with Crippen molar-refractivity contribution in [3.63, 3.8) is 0 Å². The molecule has 1 aliphatic rings. The van der Waals surface area contributed by atoms with Crippen molar-refractivity contribution in [1.82, 2.24) is 4.31 Å². The molecule has 1 amide bonds. The molecule has 0 saturated carbocycles. The molecule has 2 aromatic carbocycles. The van der Waals surface area contributed by atoms with Crippen LogP contribution in [0.15, 0.2) is 35.2 Å². The molecule has 1 N–H and O–H groups in total. The number of hydrogen-bond acceptors (Lipinski definition) is 4. The van der Waals surface area contributed by atoms with Gasteiger partial charge in [-0.05, 0) is 80.5 Å². The summed E-state index contributed by atoms with van der Waals surface area (Å²) in [6, 6.07) is 11.3. The first-order valence-corrected chi connectivity index (χ1v) is 11.9. The van der Waals surface area contributed by atoms with Crippen LogP contribution in [-0.2, 0) is 21.2 Å². The van der Waals surface area contributed by atoms with Gasteiger partial charge in [0.15, 0.2) is 0 Å². The number of amides is 1. The van der Waals surface area contributed by atoms with Gasteiger partial charge in [-0.25, -0.2) is 8.42 Å². The maximum Gasteiger partial charge on any atom is 0.243 e. The second-order valence-electron chi connectivity index (χ2n) is 8.29. The van der Waals surface area contributed by atoms with E-state index >= 15 is 0 Å². The standard InChI is InChI=1S/C24H29N3O3S/c1-16-15-17(2)19(4)23(18(16)3)31(29,30)27-13-10-21(11-14-27)24(28)26-22-7-5-20(6-8-22)9-12-25/h5-8,15,21H,9-11,13-14H2,1-4H3,(H,26,28). The van der Waals surface area contributed by atoms with Crippen molar-refractivity contribution in [3.05, 3.63) is 58.1 Å². The number of piperidine rings is 1. The average Bonchev–Trinajstić information content (AvgIpc) is 2.74. The number of nitriles is 1. The molecule has 31 heavy (non-hydrogen) atoms. The van der Waals surface area contributed by atoms with Crippen molar-refractivity contribution < 1.29 is 13.2 Å². The van der Waals surface area contributed by atoms with Gasteiger partial charge in [0.2, 0.25) is 15.9 Å². The summed E-state index contributed by atoms with van der Waals surface area (Å²) < 4.78 is 28.3. The zero-order chi connectivity index (χ0) is 22.8. The van der Waals surface area contributed by atoms with Crippen LogP contribution >= 0.6 is 0 Å². The monoisotopic (exact) mass is 439 g/mol. The summed E-state index contributed by atoms with van der Waals surface area (Å²) in [6.45, 7) is 8.24. The third-order valence-electron chi connectivity index (χ3n) is 6.22. The summed E-state index contributed by atoms with van der Waals surface area (Å²) in [6.07, 6.45) is 1.31. The Morgan fingerprint density at radius 3 is 2.13 bits per heavy atom. The summed E-state index contributed by atoms with van der Waals surface area (Å²) in [4.78, 5) is 13.1. The highest BCUT2D eigenvalue weighted by atomic mass is 32.2. The predicted octanol–water partition coefficient (Wildman–Crippen LogP) is 4.03. The van der Waals surface area contributed by atoms with E-state index < -0.39 is 10.0 Å². The molecule has 0 atom stereocenters. The Morgan fingerprint density at radius 1 is 1.06 bits per heavy atom. The lowest BCUT2D eigenvalue weighted by Gasteiger charge is -2.31. The highest BCUT2D eigenvalue weighted by Crippen LogP contribution is 2.31. The van der Waals surface area contributed by atoms with Gasteiger partial charge < -0.3 is 5.32 Å². The van der Waals surface area contributed by atoms with E-state index in [1.165, 1.54) is 4.31 Å². The van der Waals surface area contributed by atoms with Crippen LogP contribution in [0.4, 0.5) is 5.69 Å². The Morgan fingerprint density at radius 2 is 1.61 bits per heavy atom. The Hall–Kier alpha value is -2.69. The van der Waals surface area contributed by atoms with Crippen molar-refractivity contribution >= 4 is 21.6 Å². The number of rotatable bonds is 5. The van der Waals surface area contributed by atoms with E-state index in [1.807, 2.05) is 45.9 Å². The van der Waals surface area contributed by atoms with Crippen molar-refractivity contribution in [1.29, 1.82) is 5.26 Å². The first-order chi connectivity index (χ1) is 14.6. The van der Waals surface area contributed by atoms with Gasteiger partial charge in [-0.1, -0.05) is 18.2 Å². The zero-order valence-electron chi connectivity index (χ0n) is 18.5. The quantitative estimate of drug-likeness (QED) is 0.762. The number of nitrogens with one attached hydrogen (secondary N) is 1. The first-order valence-electron chi connectivity index (χ1n) is 10.5. The third-order valence-corrected chi connectivity index (χ3v) is 8.40. The molecule has 0 unspecified atom stereocenters. The fourth-order valence-electron chi connectivity index (χ4n) is 4.10. The van der Waals surface area contributed by atoms with Gasteiger partial charge in [0.05, 0.1) is 17.4 Å². The van der Waals surface area contributed by atoms with E-state index in [0.29, 0.717) is 42.9 Å². The molecule has 0 aromatic heterocycles. The van der Waals surface area contributed by atoms with Crippen LogP contribution in [0.2, 0.25) is 0 Å². The van der Waals surface area contributed by atoms with Gasteiger partial charge in [-0.3, -0.25) is 4.79 Å². The smallest absolute Gasteiger partial charge is 0.243 e. The van der Waals surface area contributed by atoms with E-state index in [2.05, 4.69) is 11.4 Å². The zero-order valence-corrected chi connectivity index (χ0v) is 19.3. The predicted molar refractivity (Wildman–Crippen MR) is 121 cm³/mol. The largest absolute Gasteiger partial charge is 0.326 e. The number of anilines is 1. The summed E-state index contributed by atoms with van der Waals surface area (Å²) in [5.41, 5.74) is 5.11. The van der Waals surface area contributed by atoms with Crippen LogP contribution < -0.4 is 5.32 Å². The van der Waals surface area contributed by atoms with Crippen molar-refractivity contribution in [3.8, 4) is 6.07 Å². The Kier molecular flexibility index (Phi) is 6.83. The number of nitrogens with zero attached hydrogens (tertiary/aromatic N) is 2. The van der Waals surface area contributed by atoms with Crippen molar-refractivity contribution in [2.45, 2.75) is 51.9 Å². The Bertz CT molecular complexity index is 1100. The maximum atomic E-state index is 13.4. The lowest BCUT2D eigenvalue weighted by molar-refractivity contribution is -0.120. The summed E-state index contributed by atoms with van der Waals surface area (Å²) in [5, 5.41) is 11.7. The van der Waals surface area contributed by atoms with Gasteiger partial charge in [0.25, 0.3) is 0 Å². The van der Waals surface area contributed by atoms with E-state index in [1.54, 1.807) is 12.1 Å². The van der Waals surface area contributed by atoms with Crippen LogP contribution in [0.1, 0.15) is 40.7 Å². The van der Waals surface area contributed by atoms with Crippen LogP contribution in [0.25, 0.3) is 0 Å². The topological polar surface area (TPSA) is 90.3 Å². The fraction of sp³-hybridized carbons (Fsp3) is 0.417. The van der Waals surface area contributed by atoms with Gasteiger partial charge >= 0.3 is 0 Å². The number of carbonyl (C=O) groups excluding carboxylic acids is 1. The van der Waals surface area contributed by atoms with Gasteiger partial charge in [0, 0.05) is 24.7 Å². The number of sulfonamides is 1. The van der Waals surface area contributed by atoms with Crippen LogP contribution in [0, 0.1) is 44.9 Å². The Labute approximate surface area is 184 Å². The average molecular weight is 440 g/mol. The highest BCUT2D eigenvalue weighted by molar-refractivity contribution is 7.89. The second kappa shape index (κ2) is 9.21. The van der Waals surface area contributed by atoms with E-state index in [4.69, 9.17) is 5.26 Å². The molecular weight excluding hydrogens is 410 g/mol. The number of aryl methyl sites for hydroxylation is 2. The SMILES string of the molecule is Cc1cc(C)c(C)c(S(=O)(=O)N2CCC(C(=O)Nc3ccc(CC#N)cc3)CC2)c1C. The molecule has 0 aliphatic carbocycles. The van der Waals surface area contributed by atoms with E-state index in [9.17, 15) is 13.2 Å². The van der Waals surface area contributed by atoms with Crippen LogP contribution in [0.5, 0.6) is 0 Å². The van der Waals surface area contributed by atoms with Crippen molar-refractivity contribution in [2.75, 3.05) is 18.4 Å². The molecule has 1 fully saturated rings. The summed E-state index contributed by atoms with van der Waals surface area (Å²) in [5.74, 6) is -0.324. The van der Waals surface area contributed by atoms with Gasteiger partial charge in [-0.15, -0.1) is 0 Å². The molecule has 0 bridgehead atoms. The van der Waals surface area contributed by atoms with Crippen LogP contribution in [-0.4, -0.2) is 31.7 Å². The first kappa shape index (κ1) is 23.0. The second-order valence-corrected chi connectivity index (χ2v) is 10.2. The molecule has 3 rings (SSSR count). The minimum Gasteiger partial charge on any atom is -0.326 e. The lowest BCUT2D eigenvalue weighted by Crippen LogP contribution is -2.41. The maximum absolute atomic E-state index is 13.4. The normalized spacial score (nSPS) is 15.5. The molecule has 1 saturated heterocycles. The molecule has 0 radical (unpaired) electrons. The summed E-state index contributed by atoms with van der Waals surface area (Å²) in [7, 11) is -3.61. The fourth-order valence-corrected chi connectivity index (χ4v) is 6.14. The molecule has 1 heterocycles. The molecule has 164 valence electrons. The van der Waals surface area contributed by atoms with E-state index in [-0.39, 0.29) is 11.8 Å². The molecule has 0 spiro atoms.